The molecule has 194 valence electrons. The SMILES string of the molecule is CC.CCS(=O)n1c2c(c3cc(C(=O)N4CCCC4)ccc31)CC(C1CCOCC1)CC2.O=CO. The highest BCUT2D eigenvalue weighted by Crippen LogP contribution is 2.40. The molecule has 0 bridgehead atoms. The third kappa shape index (κ3) is 5.97. The molecule has 8 heteroatoms. The van der Waals surface area contributed by atoms with Crippen molar-refractivity contribution in [3.63, 3.8) is 0 Å². The lowest BCUT2D eigenvalue weighted by Gasteiger charge is -2.33. The molecule has 2 aliphatic heterocycles. The number of rotatable bonds is 4. The lowest BCUT2D eigenvalue weighted by molar-refractivity contribution is -0.122. The molecule has 2 atom stereocenters. The second-order valence-corrected chi connectivity index (χ2v) is 10.7. The summed E-state index contributed by atoms with van der Waals surface area (Å²) in [6.45, 7) is 9.21. The number of hydrogen-bond donors (Lipinski definition) is 1. The molecule has 1 amide bonds. The van der Waals surface area contributed by atoms with Gasteiger partial charge in [0.1, 0.15) is 11.0 Å². The van der Waals surface area contributed by atoms with Crippen LogP contribution in [-0.4, -0.2) is 62.6 Å². The number of carbonyl (C=O) groups is 2. The van der Waals surface area contributed by atoms with Crippen LogP contribution in [0.3, 0.4) is 0 Å². The van der Waals surface area contributed by atoms with Crippen LogP contribution in [0.5, 0.6) is 0 Å². The van der Waals surface area contributed by atoms with E-state index in [2.05, 4.69) is 10.0 Å². The summed E-state index contributed by atoms with van der Waals surface area (Å²) in [6, 6.07) is 6.06. The Kier molecular flexibility index (Phi) is 10.3. The molecule has 5 rings (SSSR count). The molecule has 0 radical (unpaired) electrons. The fourth-order valence-electron chi connectivity index (χ4n) is 5.73. The molecule has 3 aliphatic rings. The molecule has 3 heterocycles. The van der Waals surface area contributed by atoms with E-state index in [1.54, 1.807) is 0 Å². The standard InChI is InChI=1S/C24H32N2O3S.C2H6.CH2O2/c1-2-30(28)26-22-7-5-18(17-9-13-29-14-10-17)15-20(22)21-16-19(6-8-23(21)26)24(27)25-11-3-4-12-25;1-2;2-1-3/h6,8,16-18H,2-5,7,9-15H2,1H3;1-2H3;1H,(H,2,3). The minimum absolute atomic E-state index is 0.143. The maximum atomic E-state index is 13.0. The van der Waals surface area contributed by atoms with Gasteiger partial charge in [-0.1, -0.05) is 20.8 Å². The van der Waals surface area contributed by atoms with Crippen LogP contribution in [0.4, 0.5) is 0 Å². The Balaban J connectivity index is 0.000000638. The van der Waals surface area contributed by atoms with Gasteiger partial charge in [0.05, 0.1) is 5.52 Å². The zero-order chi connectivity index (χ0) is 25.4. The van der Waals surface area contributed by atoms with Gasteiger partial charge < -0.3 is 14.7 Å². The van der Waals surface area contributed by atoms with E-state index in [0.29, 0.717) is 11.7 Å². The summed E-state index contributed by atoms with van der Waals surface area (Å²) in [5, 5.41) is 8.04. The Morgan fingerprint density at radius 3 is 2.43 bits per heavy atom. The third-order valence-electron chi connectivity index (χ3n) is 7.38. The van der Waals surface area contributed by atoms with E-state index in [1.807, 2.05) is 37.8 Å². The Morgan fingerprint density at radius 1 is 1.14 bits per heavy atom. The van der Waals surface area contributed by atoms with Crippen LogP contribution in [0.1, 0.15) is 74.5 Å². The van der Waals surface area contributed by atoms with E-state index in [1.165, 1.54) is 11.3 Å². The fourth-order valence-corrected chi connectivity index (χ4v) is 6.82. The first kappa shape index (κ1) is 27.4. The largest absolute Gasteiger partial charge is 0.483 e. The van der Waals surface area contributed by atoms with Crippen molar-refractivity contribution in [3.8, 4) is 0 Å². The van der Waals surface area contributed by atoms with Gasteiger partial charge in [-0.25, -0.2) is 4.21 Å². The Morgan fingerprint density at radius 2 is 1.80 bits per heavy atom. The predicted octanol–water partition coefficient (Wildman–Crippen LogP) is 4.67. The second-order valence-electron chi connectivity index (χ2n) is 9.12. The fraction of sp³-hybridized carbons (Fsp3) is 0.630. The molecule has 1 aromatic heterocycles. The van der Waals surface area contributed by atoms with E-state index in [9.17, 15) is 9.00 Å². The third-order valence-corrected chi connectivity index (χ3v) is 8.69. The molecule has 1 aliphatic carbocycles. The number of carbonyl (C=O) groups excluding carboxylic acids is 1. The highest BCUT2D eigenvalue weighted by atomic mass is 32.2. The van der Waals surface area contributed by atoms with Gasteiger partial charge in [0.15, 0.2) is 0 Å². The van der Waals surface area contributed by atoms with Gasteiger partial charge in [-0.2, -0.15) is 0 Å². The van der Waals surface area contributed by atoms with Crippen LogP contribution in [0.2, 0.25) is 0 Å². The van der Waals surface area contributed by atoms with Crippen molar-refractivity contribution in [2.24, 2.45) is 11.8 Å². The van der Waals surface area contributed by atoms with Crippen molar-refractivity contribution in [1.82, 2.24) is 8.87 Å². The Hall–Kier alpha value is -2.19. The number of likely N-dealkylation sites (tertiary alicyclic amines) is 1. The summed E-state index contributed by atoms with van der Waals surface area (Å²) >= 11 is 0. The smallest absolute Gasteiger partial charge is 0.290 e. The highest BCUT2D eigenvalue weighted by molar-refractivity contribution is 7.83. The number of fused-ring (bicyclic) bond motifs is 3. The lowest BCUT2D eigenvalue weighted by atomic mass is 9.75. The van der Waals surface area contributed by atoms with Gasteiger partial charge in [0, 0.05) is 48.7 Å². The normalized spacial score (nSPS) is 20.8. The van der Waals surface area contributed by atoms with Gasteiger partial charge >= 0.3 is 0 Å². The maximum absolute atomic E-state index is 13.0. The van der Waals surface area contributed by atoms with Crippen LogP contribution >= 0.6 is 0 Å². The number of nitrogens with zero attached hydrogens (tertiary/aromatic N) is 2. The second kappa shape index (κ2) is 13.2. The van der Waals surface area contributed by atoms with E-state index in [0.717, 1.165) is 93.6 Å². The van der Waals surface area contributed by atoms with Crippen LogP contribution < -0.4 is 0 Å². The topological polar surface area (TPSA) is 88.8 Å². The van der Waals surface area contributed by atoms with E-state index >= 15 is 0 Å². The minimum Gasteiger partial charge on any atom is -0.483 e. The number of amides is 1. The first-order valence-electron chi connectivity index (χ1n) is 13.1. The average Bonchev–Trinajstić information content (AvgIpc) is 3.56. The molecule has 0 saturated carbocycles. The number of aromatic nitrogens is 1. The lowest BCUT2D eigenvalue weighted by Crippen LogP contribution is -2.28. The zero-order valence-corrected chi connectivity index (χ0v) is 22.1. The van der Waals surface area contributed by atoms with Gasteiger partial charge in [-0.15, -0.1) is 0 Å². The maximum Gasteiger partial charge on any atom is 0.290 e. The van der Waals surface area contributed by atoms with Gasteiger partial charge in [-0.3, -0.25) is 13.6 Å². The number of hydrogen-bond acceptors (Lipinski definition) is 4. The van der Waals surface area contributed by atoms with Gasteiger partial charge in [-0.05, 0) is 80.5 Å². The molecule has 0 spiro atoms. The first-order valence-corrected chi connectivity index (χ1v) is 14.4. The predicted molar refractivity (Wildman–Crippen MR) is 140 cm³/mol. The Labute approximate surface area is 211 Å². The highest BCUT2D eigenvalue weighted by Gasteiger charge is 2.32. The number of carboxylic acid groups (broad SMARTS) is 1. The molecule has 2 aromatic rings. The summed E-state index contributed by atoms with van der Waals surface area (Å²) in [6.07, 6.45) is 7.67. The number of ether oxygens (including phenoxy) is 1. The summed E-state index contributed by atoms with van der Waals surface area (Å²) < 4.78 is 20.6. The molecule has 2 saturated heterocycles. The van der Waals surface area contributed by atoms with Crippen molar-refractivity contribution >= 4 is 34.3 Å². The minimum atomic E-state index is -1.06. The summed E-state index contributed by atoms with van der Waals surface area (Å²) in [4.78, 5) is 23.3. The Bertz CT molecular complexity index is 1020. The van der Waals surface area contributed by atoms with E-state index < -0.39 is 11.0 Å². The molecular formula is C27H40N2O5S. The van der Waals surface area contributed by atoms with Crippen LogP contribution in [0.15, 0.2) is 18.2 Å². The van der Waals surface area contributed by atoms with Gasteiger partial charge in [0.25, 0.3) is 12.4 Å². The summed E-state index contributed by atoms with van der Waals surface area (Å²) in [7, 11) is -1.06. The van der Waals surface area contributed by atoms with Gasteiger partial charge in [0.2, 0.25) is 0 Å². The molecular weight excluding hydrogens is 464 g/mol. The number of benzene rings is 1. The summed E-state index contributed by atoms with van der Waals surface area (Å²) in [5.41, 5.74) is 4.38. The van der Waals surface area contributed by atoms with Crippen molar-refractivity contribution < 1.29 is 23.6 Å². The molecule has 1 aromatic carbocycles. The van der Waals surface area contributed by atoms with Crippen molar-refractivity contribution in [3.05, 3.63) is 35.0 Å². The van der Waals surface area contributed by atoms with E-state index in [-0.39, 0.29) is 12.4 Å². The molecule has 1 N–H and O–H groups in total. The first-order chi connectivity index (χ1) is 17.1. The van der Waals surface area contributed by atoms with Crippen LogP contribution in [0, 0.1) is 11.8 Å². The molecule has 2 fully saturated rings. The quantitative estimate of drug-likeness (QED) is 0.612. The van der Waals surface area contributed by atoms with Crippen LogP contribution in [-0.2, 0) is 33.4 Å². The summed E-state index contributed by atoms with van der Waals surface area (Å²) in [5.74, 6) is 2.13. The average molecular weight is 505 g/mol. The zero-order valence-electron chi connectivity index (χ0n) is 21.3. The van der Waals surface area contributed by atoms with Crippen LogP contribution in [0.25, 0.3) is 10.9 Å². The van der Waals surface area contributed by atoms with Crippen molar-refractivity contribution in [1.29, 1.82) is 0 Å². The van der Waals surface area contributed by atoms with E-state index in [4.69, 9.17) is 14.6 Å². The van der Waals surface area contributed by atoms with Crippen molar-refractivity contribution in [2.45, 2.75) is 65.7 Å². The monoisotopic (exact) mass is 504 g/mol. The molecule has 35 heavy (non-hydrogen) atoms. The molecule has 2 unspecified atom stereocenters. The van der Waals surface area contributed by atoms with Crippen molar-refractivity contribution in [2.75, 3.05) is 32.1 Å². The molecule has 7 nitrogen and oxygen atoms in total.